The van der Waals surface area contributed by atoms with Crippen molar-refractivity contribution in [3.05, 3.63) is 64.1 Å². The Balaban J connectivity index is 2.11. The molecule has 2 rings (SSSR count). The number of rotatable bonds is 3. The molecule has 1 amide bonds. The minimum absolute atomic E-state index is 0.131. The molecule has 2 aromatic carbocycles. The first-order valence-corrected chi connectivity index (χ1v) is 6.76. The Morgan fingerprint density at radius 1 is 1.15 bits per heavy atom. The van der Waals surface area contributed by atoms with Crippen molar-refractivity contribution in [3.63, 3.8) is 0 Å². The van der Waals surface area contributed by atoms with Gasteiger partial charge in [-0.1, -0.05) is 28.1 Å². The second-order valence-electron chi connectivity index (χ2n) is 4.16. The van der Waals surface area contributed by atoms with Crippen LogP contribution in [0.2, 0.25) is 0 Å². The minimum Gasteiger partial charge on any atom is -0.507 e. The monoisotopic (exact) mass is 332 g/mol. The molecule has 5 heteroatoms. The first-order valence-electron chi connectivity index (χ1n) is 5.96. The molecule has 0 aromatic heterocycles. The average molecular weight is 333 g/mol. The van der Waals surface area contributed by atoms with Crippen molar-refractivity contribution in [3.8, 4) is 5.75 Å². The normalized spacial score (nSPS) is 11.2. The number of nitrogens with zero attached hydrogens (tertiary/aromatic N) is 1. The fourth-order valence-electron chi connectivity index (χ4n) is 1.64. The Morgan fingerprint density at radius 2 is 1.80 bits per heavy atom. The lowest BCUT2D eigenvalue weighted by atomic mass is 10.1. The van der Waals surface area contributed by atoms with E-state index in [1.165, 1.54) is 0 Å². The first-order chi connectivity index (χ1) is 9.58. The van der Waals surface area contributed by atoms with Crippen molar-refractivity contribution in [1.29, 1.82) is 0 Å². The number of benzene rings is 2. The minimum atomic E-state index is -0.299. The van der Waals surface area contributed by atoms with Crippen LogP contribution in [-0.4, -0.2) is 16.7 Å². The van der Waals surface area contributed by atoms with E-state index in [-0.39, 0.29) is 11.7 Å². The van der Waals surface area contributed by atoms with Crippen molar-refractivity contribution in [1.82, 2.24) is 5.43 Å². The van der Waals surface area contributed by atoms with Crippen LogP contribution in [0.1, 0.15) is 22.8 Å². The SMILES string of the molecule is CC(=NNC(=O)c1ccc(Br)cc1)c1ccccc1O. The molecule has 0 aliphatic carbocycles. The number of phenolic OH excluding ortho intramolecular Hbond substituents is 1. The van der Waals surface area contributed by atoms with Gasteiger partial charge >= 0.3 is 0 Å². The Hall–Kier alpha value is -2.14. The molecule has 102 valence electrons. The lowest BCUT2D eigenvalue weighted by Crippen LogP contribution is -2.19. The number of amides is 1. The molecule has 4 nitrogen and oxygen atoms in total. The summed E-state index contributed by atoms with van der Waals surface area (Å²) in [5, 5.41) is 13.7. The maximum absolute atomic E-state index is 11.9. The summed E-state index contributed by atoms with van der Waals surface area (Å²) >= 11 is 3.31. The molecule has 0 aliphatic rings. The summed E-state index contributed by atoms with van der Waals surface area (Å²) in [7, 11) is 0. The number of phenols is 1. The van der Waals surface area contributed by atoms with Crippen molar-refractivity contribution in [2.75, 3.05) is 0 Å². The molecule has 0 spiro atoms. The second kappa shape index (κ2) is 6.34. The van der Waals surface area contributed by atoms with Crippen molar-refractivity contribution in [2.45, 2.75) is 6.92 Å². The van der Waals surface area contributed by atoms with Crippen LogP contribution in [-0.2, 0) is 0 Å². The quantitative estimate of drug-likeness (QED) is 0.669. The van der Waals surface area contributed by atoms with Gasteiger partial charge in [0.05, 0.1) is 5.71 Å². The summed E-state index contributed by atoms with van der Waals surface area (Å²) in [5.41, 5.74) is 4.10. The van der Waals surface area contributed by atoms with E-state index in [0.29, 0.717) is 16.8 Å². The van der Waals surface area contributed by atoms with E-state index in [2.05, 4.69) is 26.5 Å². The van der Waals surface area contributed by atoms with E-state index in [1.54, 1.807) is 55.5 Å². The van der Waals surface area contributed by atoms with Crippen LogP contribution in [0.15, 0.2) is 58.1 Å². The van der Waals surface area contributed by atoms with Gasteiger partial charge in [0.25, 0.3) is 5.91 Å². The number of para-hydroxylation sites is 1. The highest BCUT2D eigenvalue weighted by atomic mass is 79.9. The van der Waals surface area contributed by atoms with Crippen LogP contribution < -0.4 is 5.43 Å². The Bertz CT molecular complexity index is 651. The number of hydrogen-bond donors (Lipinski definition) is 2. The number of aromatic hydroxyl groups is 1. The van der Waals surface area contributed by atoms with Crippen molar-refractivity contribution in [2.24, 2.45) is 5.10 Å². The third kappa shape index (κ3) is 3.45. The molecule has 2 aromatic rings. The summed E-state index contributed by atoms with van der Waals surface area (Å²) in [6.07, 6.45) is 0. The molecule has 0 heterocycles. The number of carbonyl (C=O) groups is 1. The molecular weight excluding hydrogens is 320 g/mol. The summed E-state index contributed by atoms with van der Waals surface area (Å²) in [6, 6.07) is 13.8. The molecule has 2 N–H and O–H groups in total. The Kier molecular flexibility index (Phi) is 4.53. The van der Waals surface area contributed by atoms with E-state index >= 15 is 0 Å². The topological polar surface area (TPSA) is 61.7 Å². The zero-order valence-electron chi connectivity index (χ0n) is 10.8. The zero-order valence-corrected chi connectivity index (χ0v) is 12.4. The molecule has 0 bridgehead atoms. The summed E-state index contributed by atoms with van der Waals surface area (Å²) in [6.45, 7) is 1.72. The number of hydrazone groups is 1. The molecule has 0 radical (unpaired) electrons. The molecule has 20 heavy (non-hydrogen) atoms. The van der Waals surface area contributed by atoms with E-state index < -0.39 is 0 Å². The highest BCUT2D eigenvalue weighted by Crippen LogP contribution is 2.16. The van der Waals surface area contributed by atoms with Gasteiger partial charge < -0.3 is 5.11 Å². The summed E-state index contributed by atoms with van der Waals surface area (Å²) < 4.78 is 0.905. The highest BCUT2D eigenvalue weighted by molar-refractivity contribution is 9.10. The summed E-state index contributed by atoms with van der Waals surface area (Å²) in [4.78, 5) is 11.9. The van der Waals surface area contributed by atoms with E-state index in [9.17, 15) is 9.90 Å². The largest absolute Gasteiger partial charge is 0.507 e. The molecular formula is C15H13BrN2O2. The lowest BCUT2D eigenvalue weighted by molar-refractivity contribution is 0.0955. The van der Waals surface area contributed by atoms with Crippen LogP contribution >= 0.6 is 15.9 Å². The predicted octanol–water partition coefficient (Wildman–Crippen LogP) is 3.31. The van der Waals surface area contributed by atoms with Crippen LogP contribution in [0.5, 0.6) is 5.75 Å². The number of nitrogens with one attached hydrogen (secondary N) is 1. The third-order valence-corrected chi connectivity index (χ3v) is 3.25. The first kappa shape index (κ1) is 14.3. The van der Waals surface area contributed by atoms with Crippen LogP contribution in [0.3, 0.4) is 0 Å². The van der Waals surface area contributed by atoms with Crippen LogP contribution in [0.25, 0.3) is 0 Å². The van der Waals surface area contributed by atoms with Gasteiger partial charge in [-0.2, -0.15) is 5.10 Å². The molecule has 0 saturated carbocycles. The smallest absolute Gasteiger partial charge is 0.271 e. The summed E-state index contributed by atoms with van der Waals surface area (Å²) in [5.74, 6) is -0.168. The zero-order chi connectivity index (χ0) is 14.5. The Labute approximate surface area is 125 Å². The van der Waals surface area contributed by atoms with Crippen LogP contribution in [0, 0.1) is 0 Å². The second-order valence-corrected chi connectivity index (χ2v) is 5.08. The van der Waals surface area contributed by atoms with E-state index in [1.807, 2.05) is 0 Å². The van der Waals surface area contributed by atoms with Gasteiger partial charge in [0.2, 0.25) is 0 Å². The fraction of sp³-hybridized carbons (Fsp3) is 0.0667. The number of halogens is 1. The third-order valence-electron chi connectivity index (χ3n) is 2.73. The maximum Gasteiger partial charge on any atom is 0.271 e. The average Bonchev–Trinajstić information content (AvgIpc) is 2.45. The molecule has 0 aliphatic heterocycles. The van der Waals surface area contributed by atoms with E-state index in [0.717, 1.165) is 4.47 Å². The van der Waals surface area contributed by atoms with Gasteiger partial charge in [0.1, 0.15) is 5.75 Å². The molecule has 0 fully saturated rings. The van der Waals surface area contributed by atoms with Gasteiger partial charge in [-0.05, 0) is 43.3 Å². The molecule has 0 unspecified atom stereocenters. The molecule has 0 atom stereocenters. The Morgan fingerprint density at radius 3 is 2.45 bits per heavy atom. The van der Waals surface area contributed by atoms with E-state index in [4.69, 9.17) is 0 Å². The highest BCUT2D eigenvalue weighted by Gasteiger charge is 2.06. The van der Waals surface area contributed by atoms with Gasteiger partial charge in [0, 0.05) is 15.6 Å². The molecule has 0 saturated heterocycles. The predicted molar refractivity (Wildman–Crippen MR) is 81.9 cm³/mol. The lowest BCUT2D eigenvalue weighted by Gasteiger charge is -2.05. The standard InChI is InChI=1S/C15H13BrN2O2/c1-10(13-4-2-3-5-14(13)19)17-18-15(20)11-6-8-12(16)9-7-11/h2-9,19H,1H3,(H,18,20). The van der Waals surface area contributed by atoms with Gasteiger partial charge in [-0.3, -0.25) is 4.79 Å². The fourth-order valence-corrected chi connectivity index (χ4v) is 1.90. The van der Waals surface area contributed by atoms with Gasteiger partial charge in [-0.25, -0.2) is 5.43 Å². The maximum atomic E-state index is 11.9. The number of carbonyl (C=O) groups excluding carboxylic acids is 1. The van der Waals surface area contributed by atoms with Crippen molar-refractivity contribution < 1.29 is 9.90 Å². The number of hydrogen-bond acceptors (Lipinski definition) is 3. The van der Waals surface area contributed by atoms with Crippen molar-refractivity contribution >= 4 is 27.5 Å². The van der Waals surface area contributed by atoms with Gasteiger partial charge in [0.15, 0.2) is 0 Å². The van der Waals surface area contributed by atoms with Crippen LogP contribution in [0.4, 0.5) is 0 Å². The van der Waals surface area contributed by atoms with Gasteiger partial charge in [-0.15, -0.1) is 0 Å².